The van der Waals surface area contributed by atoms with Gasteiger partial charge in [-0.25, -0.2) is 18.0 Å². The number of carbonyl (C=O) groups is 2. The molecule has 6 nitrogen and oxygen atoms in total. The van der Waals surface area contributed by atoms with Gasteiger partial charge in [0, 0.05) is 37.6 Å². The average Bonchev–Trinajstić information content (AvgIpc) is 2.89. The Bertz CT molecular complexity index is 1270. The molecule has 0 bridgehead atoms. The first-order valence-corrected chi connectivity index (χ1v) is 12.0. The maximum atomic E-state index is 14.2. The second-order valence-corrected chi connectivity index (χ2v) is 9.04. The van der Waals surface area contributed by atoms with Crippen molar-refractivity contribution >= 4 is 12.0 Å². The fourth-order valence-electron chi connectivity index (χ4n) is 4.62. The molecule has 1 aliphatic rings. The maximum Gasteiger partial charge on any atom is 0.411 e. The molecule has 3 aromatic carbocycles. The van der Waals surface area contributed by atoms with Crippen molar-refractivity contribution in [2.24, 2.45) is 5.73 Å². The SMILES string of the molecule is C[C@@H](c1ccc(-c2ccc(F)cc2F)cc1)N1CC[C@](CCNC(=O)CN)(c2ccc(F)cc2)OC1=O. The number of amides is 2. The van der Waals surface area contributed by atoms with Crippen LogP contribution < -0.4 is 11.1 Å². The number of carbonyl (C=O) groups excluding carboxylic acids is 2. The van der Waals surface area contributed by atoms with Gasteiger partial charge in [0.2, 0.25) is 5.91 Å². The molecule has 37 heavy (non-hydrogen) atoms. The minimum Gasteiger partial charge on any atom is -0.438 e. The minimum absolute atomic E-state index is 0.152. The summed E-state index contributed by atoms with van der Waals surface area (Å²) in [5.41, 5.74) is 6.64. The molecule has 0 aliphatic carbocycles. The highest BCUT2D eigenvalue weighted by Gasteiger charge is 2.43. The number of hydrogen-bond acceptors (Lipinski definition) is 4. The molecule has 3 N–H and O–H groups in total. The largest absolute Gasteiger partial charge is 0.438 e. The summed E-state index contributed by atoms with van der Waals surface area (Å²) in [4.78, 5) is 26.4. The molecule has 0 radical (unpaired) electrons. The smallest absolute Gasteiger partial charge is 0.411 e. The minimum atomic E-state index is -1.03. The van der Waals surface area contributed by atoms with Crippen molar-refractivity contribution in [3.63, 3.8) is 0 Å². The van der Waals surface area contributed by atoms with Gasteiger partial charge >= 0.3 is 6.09 Å². The highest BCUT2D eigenvalue weighted by atomic mass is 19.1. The molecule has 1 fully saturated rings. The quantitative estimate of drug-likeness (QED) is 0.444. The predicted octanol–water partition coefficient (Wildman–Crippen LogP) is 5.03. The van der Waals surface area contributed by atoms with Crippen LogP contribution in [-0.4, -0.2) is 36.5 Å². The molecule has 0 unspecified atom stereocenters. The van der Waals surface area contributed by atoms with Crippen molar-refractivity contribution in [3.05, 3.63) is 95.3 Å². The third-order valence-corrected chi connectivity index (χ3v) is 6.78. The molecule has 1 heterocycles. The summed E-state index contributed by atoms with van der Waals surface area (Å²) in [6.07, 6.45) is 0.185. The van der Waals surface area contributed by atoms with Gasteiger partial charge in [0.15, 0.2) is 0 Å². The van der Waals surface area contributed by atoms with Gasteiger partial charge in [-0.1, -0.05) is 36.4 Å². The number of nitrogens with two attached hydrogens (primary N) is 1. The summed E-state index contributed by atoms with van der Waals surface area (Å²) >= 11 is 0. The van der Waals surface area contributed by atoms with E-state index in [1.54, 1.807) is 41.3 Å². The Kier molecular flexibility index (Phi) is 7.83. The fraction of sp³-hybridized carbons (Fsp3) is 0.286. The van der Waals surface area contributed by atoms with Crippen molar-refractivity contribution in [2.45, 2.75) is 31.4 Å². The lowest BCUT2D eigenvalue weighted by atomic mass is 9.85. The number of rotatable bonds is 8. The summed E-state index contributed by atoms with van der Waals surface area (Å²) < 4.78 is 47.0. The molecule has 0 aromatic heterocycles. The van der Waals surface area contributed by atoms with Crippen LogP contribution in [0.1, 0.15) is 36.9 Å². The molecule has 4 rings (SSSR count). The zero-order valence-corrected chi connectivity index (χ0v) is 20.3. The zero-order chi connectivity index (χ0) is 26.6. The van der Waals surface area contributed by atoms with Crippen molar-refractivity contribution in [3.8, 4) is 11.1 Å². The van der Waals surface area contributed by atoms with E-state index >= 15 is 0 Å². The van der Waals surface area contributed by atoms with Crippen LogP contribution in [0.25, 0.3) is 11.1 Å². The summed E-state index contributed by atoms with van der Waals surface area (Å²) in [7, 11) is 0. The highest BCUT2D eigenvalue weighted by Crippen LogP contribution is 2.39. The molecule has 1 aliphatic heterocycles. The number of benzene rings is 3. The van der Waals surface area contributed by atoms with E-state index in [1.165, 1.54) is 24.3 Å². The standard InChI is InChI=1S/C28H28F3N3O3/c1-18(19-2-4-20(5-3-19)24-11-10-23(30)16-25(24)31)34-15-13-28(37-27(34)36,12-14-33-26(35)17-32)21-6-8-22(29)9-7-21/h2-11,16,18H,12-15,17,32H2,1H3,(H,33,35)/t18-,28+/m0/s1. The fourth-order valence-corrected chi connectivity index (χ4v) is 4.62. The summed E-state index contributed by atoms with van der Waals surface area (Å²) in [5, 5.41) is 2.70. The topological polar surface area (TPSA) is 84.7 Å². The van der Waals surface area contributed by atoms with Crippen LogP contribution in [0.15, 0.2) is 66.7 Å². The molecule has 3 aromatic rings. The van der Waals surface area contributed by atoms with Crippen LogP contribution in [0.5, 0.6) is 0 Å². The molecule has 2 amide bonds. The monoisotopic (exact) mass is 511 g/mol. The molecular weight excluding hydrogens is 483 g/mol. The van der Waals surface area contributed by atoms with E-state index in [1.807, 2.05) is 6.92 Å². The number of cyclic esters (lactones) is 1. The lowest BCUT2D eigenvalue weighted by Gasteiger charge is -2.43. The number of halogens is 3. The number of nitrogens with one attached hydrogen (secondary N) is 1. The Morgan fingerprint density at radius 1 is 1.05 bits per heavy atom. The Morgan fingerprint density at radius 3 is 2.35 bits per heavy atom. The molecular formula is C28H28F3N3O3. The van der Waals surface area contributed by atoms with Gasteiger partial charge in [-0.15, -0.1) is 0 Å². The van der Waals surface area contributed by atoms with Gasteiger partial charge in [-0.2, -0.15) is 0 Å². The van der Waals surface area contributed by atoms with E-state index in [4.69, 9.17) is 10.5 Å². The van der Waals surface area contributed by atoms with Gasteiger partial charge in [0.1, 0.15) is 23.1 Å². The third-order valence-electron chi connectivity index (χ3n) is 6.78. The van der Waals surface area contributed by atoms with E-state index in [2.05, 4.69) is 5.32 Å². The van der Waals surface area contributed by atoms with E-state index in [-0.39, 0.29) is 30.6 Å². The van der Waals surface area contributed by atoms with E-state index in [0.29, 0.717) is 30.5 Å². The average molecular weight is 512 g/mol. The van der Waals surface area contributed by atoms with Crippen LogP contribution in [0.3, 0.4) is 0 Å². The lowest BCUT2D eigenvalue weighted by molar-refractivity contribution is -0.120. The second kappa shape index (κ2) is 11.0. The number of hydrogen-bond donors (Lipinski definition) is 2. The summed E-state index contributed by atoms with van der Waals surface area (Å²) in [6.45, 7) is 2.30. The van der Waals surface area contributed by atoms with Crippen molar-refractivity contribution < 1.29 is 27.5 Å². The zero-order valence-electron chi connectivity index (χ0n) is 20.3. The van der Waals surface area contributed by atoms with Gasteiger partial charge < -0.3 is 20.7 Å². The first-order valence-electron chi connectivity index (χ1n) is 12.0. The highest BCUT2D eigenvalue weighted by molar-refractivity contribution is 5.77. The van der Waals surface area contributed by atoms with E-state index in [9.17, 15) is 22.8 Å². The first kappa shape index (κ1) is 26.2. The number of ether oxygens (including phenoxy) is 1. The van der Waals surface area contributed by atoms with Crippen LogP contribution in [0.2, 0.25) is 0 Å². The predicted molar refractivity (Wildman–Crippen MR) is 133 cm³/mol. The summed E-state index contributed by atoms with van der Waals surface area (Å²) in [6, 6.07) is 15.9. The van der Waals surface area contributed by atoms with Gasteiger partial charge in [-0.05, 0) is 47.9 Å². The molecule has 1 saturated heterocycles. The van der Waals surface area contributed by atoms with Gasteiger partial charge in [0.25, 0.3) is 0 Å². The molecule has 0 spiro atoms. The summed E-state index contributed by atoms with van der Waals surface area (Å²) in [5.74, 6) is -2.03. The van der Waals surface area contributed by atoms with Crippen LogP contribution in [0.4, 0.5) is 18.0 Å². The maximum absolute atomic E-state index is 14.2. The Morgan fingerprint density at radius 2 is 1.73 bits per heavy atom. The molecule has 9 heteroatoms. The van der Waals surface area contributed by atoms with Crippen molar-refractivity contribution in [1.29, 1.82) is 0 Å². The first-order chi connectivity index (χ1) is 17.7. The normalized spacial score (nSPS) is 18.3. The molecule has 2 atom stereocenters. The van der Waals surface area contributed by atoms with Crippen molar-refractivity contribution in [2.75, 3.05) is 19.6 Å². The van der Waals surface area contributed by atoms with Crippen LogP contribution in [0, 0.1) is 17.5 Å². The Hall–Kier alpha value is -3.85. The third kappa shape index (κ3) is 5.77. The Labute approximate surface area is 213 Å². The molecule has 194 valence electrons. The van der Waals surface area contributed by atoms with Crippen molar-refractivity contribution in [1.82, 2.24) is 10.2 Å². The van der Waals surface area contributed by atoms with E-state index < -0.39 is 29.1 Å². The number of nitrogens with zero attached hydrogens (tertiary/aromatic N) is 1. The lowest BCUT2D eigenvalue weighted by Crippen LogP contribution is -2.50. The van der Waals surface area contributed by atoms with Crippen LogP contribution >= 0.6 is 0 Å². The van der Waals surface area contributed by atoms with Gasteiger partial charge in [-0.3, -0.25) is 4.79 Å². The second-order valence-electron chi connectivity index (χ2n) is 9.04. The molecule has 0 saturated carbocycles. The van der Waals surface area contributed by atoms with E-state index in [0.717, 1.165) is 11.6 Å². The Balaban J connectivity index is 1.51. The van der Waals surface area contributed by atoms with Gasteiger partial charge in [0.05, 0.1) is 12.6 Å². The van der Waals surface area contributed by atoms with Crippen LogP contribution in [-0.2, 0) is 15.1 Å².